The number of rotatable bonds is 4. The average Bonchev–Trinajstić information content (AvgIpc) is 2.51. The van der Waals surface area contributed by atoms with Crippen molar-refractivity contribution in [3.8, 4) is 0 Å². The van der Waals surface area contributed by atoms with E-state index in [0.29, 0.717) is 16.3 Å². The van der Waals surface area contributed by atoms with Crippen LogP contribution < -0.4 is 4.72 Å². The molecule has 0 fully saturated rings. The highest BCUT2D eigenvalue weighted by molar-refractivity contribution is 7.92. The first-order valence-corrected chi connectivity index (χ1v) is 8.17. The molecule has 2 aromatic carbocycles. The number of carbonyl (C=O) groups is 1. The molecular weight excluding hydrogens is 326 g/mol. The zero-order valence-corrected chi connectivity index (χ0v) is 13.5. The summed E-state index contributed by atoms with van der Waals surface area (Å²) in [6, 6.07) is 10.4. The molecule has 2 aromatic rings. The number of carbonyl (C=O) groups excluding carboxylic acids is 1. The third-order valence-corrected chi connectivity index (χ3v) is 4.89. The van der Waals surface area contributed by atoms with Crippen LogP contribution >= 0.6 is 11.6 Å². The molecule has 0 amide bonds. The molecule has 5 nitrogen and oxygen atoms in total. The van der Waals surface area contributed by atoms with Crippen LogP contribution in [0, 0.1) is 6.92 Å². The Morgan fingerprint density at radius 2 is 1.77 bits per heavy atom. The SMILES string of the molecule is COC(=O)c1ccc(S(=O)(=O)Nc2cccc(Cl)c2C)cc1. The molecule has 0 saturated heterocycles. The molecule has 1 N–H and O–H groups in total. The van der Waals surface area contributed by atoms with Gasteiger partial charge in [0.05, 0.1) is 23.3 Å². The maximum atomic E-state index is 12.3. The van der Waals surface area contributed by atoms with Crippen LogP contribution in [0.15, 0.2) is 47.4 Å². The van der Waals surface area contributed by atoms with Gasteiger partial charge in [-0.25, -0.2) is 13.2 Å². The van der Waals surface area contributed by atoms with Gasteiger partial charge >= 0.3 is 5.97 Å². The van der Waals surface area contributed by atoms with Gasteiger partial charge in [0.25, 0.3) is 10.0 Å². The van der Waals surface area contributed by atoms with Gasteiger partial charge in [-0.15, -0.1) is 0 Å². The number of halogens is 1. The molecular formula is C15H14ClNO4S. The molecule has 0 aromatic heterocycles. The molecule has 0 aliphatic carbocycles. The lowest BCUT2D eigenvalue weighted by Crippen LogP contribution is -2.14. The standard InChI is InChI=1S/C15H14ClNO4S/c1-10-13(16)4-3-5-14(10)17-22(19,20)12-8-6-11(7-9-12)15(18)21-2/h3-9,17H,1-2H3. The smallest absolute Gasteiger partial charge is 0.337 e. The summed E-state index contributed by atoms with van der Waals surface area (Å²) in [5, 5.41) is 0.473. The van der Waals surface area contributed by atoms with Gasteiger partial charge in [0, 0.05) is 5.02 Å². The number of sulfonamides is 1. The molecule has 0 aliphatic heterocycles. The summed E-state index contributed by atoms with van der Waals surface area (Å²) in [4.78, 5) is 11.4. The molecule has 0 atom stereocenters. The Balaban J connectivity index is 2.31. The van der Waals surface area contributed by atoms with Crippen LogP contribution in [0.5, 0.6) is 0 Å². The molecule has 0 radical (unpaired) electrons. The van der Waals surface area contributed by atoms with E-state index in [1.54, 1.807) is 25.1 Å². The van der Waals surface area contributed by atoms with Crippen molar-refractivity contribution in [2.45, 2.75) is 11.8 Å². The highest BCUT2D eigenvalue weighted by atomic mass is 35.5. The van der Waals surface area contributed by atoms with E-state index in [1.165, 1.54) is 31.4 Å². The van der Waals surface area contributed by atoms with Gasteiger partial charge in [-0.1, -0.05) is 17.7 Å². The van der Waals surface area contributed by atoms with E-state index in [2.05, 4.69) is 9.46 Å². The Bertz CT molecular complexity index is 801. The van der Waals surface area contributed by atoms with Crippen molar-refractivity contribution in [1.82, 2.24) is 0 Å². The molecule has 0 saturated carbocycles. The largest absolute Gasteiger partial charge is 0.465 e. The lowest BCUT2D eigenvalue weighted by atomic mass is 10.2. The minimum atomic E-state index is -3.76. The van der Waals surface area contributed by atoms with Crippen LogP contribution in [0.1, 0.15) is 15.9 Å². The number of nitrogens with one attached hydrogen (secondary N) is 1. The van der Waals surface area contributed by atoms with E-state index in [0.717, 1.165) is 0 Å². The predicted octanol–water partition coefficient (Wildman–Crippen LogP) is 3.24. The Hall–Kier alpha value is -2.05. The highest BCUT2D eigenvalue weighted by Crippen LogP contribution is 2.25. The van der Waals surface area contributed by atoms with E-state index in [9.17, 15) is 13.2 Å². The molecule has 22 heavy (non-hydrogen) atoms. The van der Waals surface area contributed by atoms with Gasteiger partial charge in [0.15, 0.2) is 0 Å². The number of esters is 1. The maximum Gasteiger partial charge on any atom is 0.337 e. The van der Waals surface area contributed by atoms with Gasteiger partial charge in [-0.05, 0) is 48.9 Å². The van der Waals surface area contributed by atoms with Gasteiger partial charge < -0.3 is 4.74 Å². The average molecular weight is 340 g/mol. The Morgan fingerprint density at radius 3 is 2.36 bits per heavy atom. The van der Waals surface area contributed by atoms with Gasteiger partial charge in [-0.3, -0.25) is 4.72 Å². The molecule has 7 heteroatoms. The zero-order valence-electron chi connectivity index (χ0n) is 12.0. The van der Waals surface area contributed by atoms with Gasteiger partial charge in [0.2, 0.25) is 0 Å². The number of benzene rings is 2. The van der Waals surface area contributed by atoms with E-state index in [1.807, 2.05) is 0 Å². The lowest BCUT2D eigenvalue weighted by molar-refractivity contribution is 0.0600. The van der Waals surface area contributed by atoms with Gasteiger partial charge in [0.1, 0.15) is 0 Å². The zero-order chi connectivity index (χ0) is 16.3. The van der Waals surface area contributed by atoms with Crippen LogP contribution in [-0.4, -0.2) is 21.5 Å². The fourth-order valence-corrected chi connectivity index (χ4v) is 3.11. The summed E-state index contributed by atoms with van der Waals surface area (Å²) >= 11 is 5.97. The fraction of sp³-hybridized carbons (Fsp3) is 0.133. The third-order valence-electron chi connectivity index (χ3n) is 3.10. The minimum Gasteiger partial charge on any atom is -0.465 e. The molecule has 0 unspecified atom stereocenters. The van der Waals surface area contributed by atoms with Crippen LogP contribution in [-0.2, 0) is 14.8 Å². The van der Waals surface area contributed by atoms with E-state index < -0.39 is 16.0 Å². The van der Waals surface area contributed by atoms with Crippen molar-refractivity contribution < 1.29 is 17.9 Å². The first kappa shape index (κ1) is 16.3. The molecule has 0 aliphatic rings. The highest BCUT2D eigenvalue weighted by Gasteiger charge is 2.16. The number of ether oxygens (including phenoxy) is 1. The van der Waals surface area contributed by atoms with Crippen LogP contribution in [0.3, 0.4) is 0 Å². The number of anilines is 1. The summed E-state index contributed by atoms with van der Waals surface area (Å²) in [6.45, 7) is 1.72. The Kier molecular flexibility index (Phi) is 4.73. The summed E-state index contributed by atoms with van der Waals surface area (Å²) in [5.41, 5.74) is 1.32. The molecule has 116 valence electrons. The Labute approximate surface area is 133 Å². The lowest BCUT2D eigenvalue weighted by Gasteiger charge is -2.11. The quantitative estimate of drug-likeness (QED) is 0.868. The fourth-order valence-electron chi connectivity index (χ4n) is 1.81. The monoisotopic (exact) mass is 339 g/mol. The number of hydrogen-bond donors (Lipinski definition) is 1. The minimum absolute atomic E-state index is 0.0412. The van der Waals surface area contributed by atoms with Crippen molar-refractivity contribution in [2.75, 3.05) is 11.8 Å². The topological polar surface area (TPSA) is 72.5 Å². The first-order valence-electron chi connectivity index (χ1n) is 6.31. The summed E-state index contributed by atoms with van der Waals surface area (Å²) in [7, 11) is -2.50. The van der Waals surface area contributed by atoms with E-state index >= 15 is 0 Å². The van der Waals surface area contributed by atoms with E-state index in [4.69, 9.17) is 11.6 Å². The van der Waals surface area contributed by atoms with Crippen molar-refractivity contribution in [2.24, 2.45) is 0 Å². The van der Waals surface area contributed by atoms with Crippen molar-refractivity contribution >= 4 is 33.3 Å². The summed E-state index contributed by atoms with van der Waals surface area (Å²) in [5.74, 6) is -0.525. The molecule has 0 spiro atoms. The normalized spacial score (nSPS) is 11.0. The first-order chi connectivity index (χ1) is 10.3. The molecule has 0 bridgehead atoms. The van der Waals surface area contributed by atoms with Crippen LogP contribution in [0.25, 0.3) is 0 Å². The van der Waals surface area contributed by atoms with Crippen molar-refractivity contribution in [3.05, 3.63) is 58.6 Å². The van der Waals surface area contributed by atoms with Crippen LogP contribution in [0.4, 0.5) is 5.69 Å². The molecule has 0 heterocycles. The van der Waals surface area contributed by atoms with Crippen LogP contribution in [0.2, 0.25) is 5.02 Å². The third kappa shape index (κ3) is 3.40. The Morgan fingerprint density at radius 1 is 1.14 bits per heavy atom. The maximum absolute atomic E-state index is 12.3. The second-order valence-corrected chi connectivity index (χ2v) is 6.62. The summed E-state index contributed by atoms with van der Waals surface area (Å²) < 4.78 is 31.7. The second-order valence-electron chi connectivity index (χ2n) is 4.53. The van der Waals surface area contributed by atoms with Crippen molar-refractivity contribution in [3.63, 3.8) is 0 Å². The molecule has 2 rings (SSSR count). The summed E-state index contributed by atoms with van der Waals surface area (Å²) in [6.07, 6.45) is 0. The van der Waals surface area contributed by atoms with E-state index in [-0.39, 0.29) is 10.5 Å². The number of methoxy groups -OCH3 is 1. The van der Waals surface area contributed by atoms with Gasteiger partial charge in [-0.2, -0.15) is 0 Å². The predicted molar refractivity (Wildman–Crippen MR) is 84.8 cm³/mol. The number of hydrogen-bond acceptors (Lipinski definition) is 4. The second kappa shape index (κ2) is 6.37. The van der Waals surface area contributed by atoms with Crippen molar-refractivity contribution in [1.29, 1.82) is 0 Å².